The van der Waals surface area contributed by atoms with Crippen LogP contribution in [0.4, 0.5) is 0 Å². The molecule has 1 aromatic carbocycles. The van der Waals surface area contributed by atoms with E-state index in [4.69, 9.17) is 49.4 Å². The van der Waals surface area contributed by atoms with Crippen molar-refractivity contribution in [2.45, 2.75) is 34.1 Å². The summed E-state index contributed by atoms with van der Waals surface area (Å²) < 4.78 is 10.0. The molecule has 1 rings (SSSR count). The second-order valence-electron chi connectivity index (χ2n) is 6.42. The first-order valence-electron chi connectivity index (χ1n) is 8.30. The molecule has 0 radical (unpaired) electrons. The second kappa shape index (κ2) is 10.2. The highest BCUT2D eigenvalue weighted by atomic mass is 35.5. The van der Waals surface area contributed by atoms with E-state index in [-0.39, 0.29) is 27.6 Å². The molecule has 0 aliphatic rings. The van der Waals surface area contributed by atoms with E-state index in [9.17, 15) is 14.4 Å². The van der Waals surface area contributed by atoms with E-state index < -0.39 is 29.2 Å². The predicted octanol–water partition coefficient (Wildman–Crippen LogP) is 5.11. The average molecular weight is 440 g/mol. The van der Waals surface area contributed by atoms with Crippen molar-refractivity contribution in [1.29, 1.82) is 0 Å². The number of hydrogen-bond acceptors (Lipinski definition) is 5. The van der Waals surface area contributed by atoms with Crippen LogP contribution in [0, 0.1) is 17.8 Å². The smallest absolute Gasteiger partial charge is 0.422 e. The maximum absolute atomic E-state index is 12.6. The molecule has 0 aliphatic carbocycles. The number of carbonyl (C=O) groups excluding carboxylic acids is 2. The Hall–Kier alpha value is -1.50. The molecule has 2 unspecified atom stereocenters. The molecule has 150 valence electrons. The Morgan fingerprint density at radius 1 is 1.11 bits per heavy atom. The molecule has 0 aliphatic heterocycles. The Morgan fingerprint density at radius 2 is 1.70 bits per heavy atom. The lowest BCUT2D eigenvalue weighted by Gasteiger charge is -2.25. The number of hydrogen-bond donors (Lipinski definition) is 1. The van der Waals surface area contributed by atoms with Crippen LogP contribution >= 0.6 is 34.8 Å². The Kier molecular flexibility index (Phi) is 8.85. The van der Waals surface area contributed by atoms with Crippen molar-refractivity contribution in [3.05, 3.63) is 26.7 Å². The molecular formula is C18H21Cl3O6. The van der Waals surface area contributed by atoms with Gasteiger partial charge in [0.25, 0.3) is 0 Å². The first kappa shape index (κ1) is 23.5. The fraction of sp³-hybridized carbons (Fsp3) is 0.500. The summed E-state index contributed by atoms with van der Waals surface area (Å²) in [6.07, 6.45) is 0.789. The van der Waals surface area contributed by atoms with Crippen molar-refractivity contribution in [3.8, 4) is 5.75 Å². The summed E-state index contributed by atoms with van der Waals surface area (Å²) in [5.74, 6) is -4.10. The van der Waals surface area contributed by atoms with Gasteiger partial charge in [-0.25, -0.2) is 14.4 Å². The maximum atomic E-state index is 12.6. The highest BCUT2D eigenvalue weighted by molar-refractivity contribution is 6.46. The van der Waals surface area contributed by atoms with Crippen LogP contribution in [0.1, 0.15) is 44.5 Å². The van der Waals surface area contributed by atoms with Gasteiger partial charge < -0.3 is 14.6 Å². The highest BCUT2D eigenvalue weighted by Crippen LogP contribution is 2.40. The van der Waals surface area contributed by atoms with Gasteiger partial charge in [-0.2, -0.15) is 0 Å². The third-order valence-electron chi connectivity index (χ3n) is 4.45. The minimum absolute atomic E-state index is 0.0636. The SMILES string of the molecule is CCC(COC(=O)c1c(Cl)c(Cl)cc(Cl)c1OC(=O)C(=O)O)C(C)C(C)C. The molecular weight excluding hydrogens is 419 g/mol. The standard InChI is InChI=1S/C18H21Cl3O6/c1-5-10(9(4)8(2)3)7-26-17(24)13-14(21)11(19)6-12(20)15(13)27-18(25)16(22)23/h6,8-10H,5,7H2,1-4H3,(H,22,23). The summed E-state index contributed by atoms with van der Waals surface area (Å²) >= 11 is 18.0. The Labute approximate surface area is 172 Å². The van der Waals surface area contributed by atoms with Crippen molar-refractivity contribution < 1.29 is 29.0 Å². The van der Waals surface area contributed by atoms with E-state index in [1.54, 1.807) is 0 Å². The van der Waals surface area contributed by atoms with Gasteiger partial charge in [0.2, 0.25) is 0 Å². The Morgan fingerprint density at radius 3 is 2.19 bits per heavy atom. The van der Waals surface area contributed by atoms with Gasteiger partial charge in [-0.3, -0.25) is 0 Å². The van der Waals surface area contributed by atoms with Gasteiger partial charge in [0, 0.05) is 0 Å². The molecule has 0 bridgehead atoms. The molecule has 1 aromatic rings. The molecule has 0 amide bonds. The van der Waals surface area contributed by atoms with Gasteiger partial charge in [0.15, 0.2) is 5.75 Å². The first-order chi connectivity index (χ1) is 12.5. The van der Waals surface area contributed by atoms with Gasteiger partial charge in [-0.05, 0) is 30.2 Å². The average Bonchev–Trinajstić information content (AvgIpc) is 2.59. The molecule has 27 heavy (non-hydrogen) atoms. The summed E-state index contributed by atoms with van der Waals surface area (Å²) in [5.41, 5.74) is -0.393. The van der Waals surface area contributed by atoms with Gasteiger partial charge in [0.1, 0.15) is 5.56 Å². The molecule has 9 heteroatoms. The molecule has 0 saturated heterocycles. The van der Waals surface area contributed by atoms with Crippen LogP contribution in [0.2, 0.25) is 15.1 Å². The van der Waals surface area contributed by atoms with Crippen molar-refractivity contribution in [2.24, 2.45) is 17.8 Å². The number of esters is 2. The predicted molar refractivity (Wildman–Crippen MR) is 103 cm³/mol. The molecule has 0 aromatic heterocycles. The van der Waals surface area contributed by atoms with Crippen LogP contribution in [0.3, 0.4) is 0 Å². The van der Waals surface area contributed by atoms with Gasteiger partial charge >= 0.3 is 17.9 Å². The van der Waals surface area contributed by atoms with E-state index in [1.807, 2.05) is 6.92 Å². The molecule has 1 N–H and O–H groups in total. The number of rotatable bonds is 7. The number of ether oxygens (including phenoxy) is 2. The molecule has 0 saturated carbocycles. The lowest BCUT2D eigenvalue weighted by molar-refractivity contribution is -0.158. The van der Waals surface area contributed by atoms with Crippen molar-refractivity contribution in [1.82, 2.24) is 0 Å². The summed E-state index contributed by atoms with van der Waals surface area (Å²) in [4.78, 5) is 34.7. The summed E-state index contributed by atoms with van der Waals surface area (Å²) in [7, 11) is 0. The molecule has 0 spiro atoms. The van der Waals surface area contributed by atoms with Crippen LogP contribution in [0.5, 0.6) is 5.75 Å². The third-order valence-corrected chi connectivity index (χ3v) is 5.52. The molecule has 6 nitrogen and oxygen atoms in total. The van der Waals surface area contributed by atoms with E-state index in [2.05, 4.69) is 20.8 Å². The third kappa shape index (κ3) is 5.99. The zero-order valence-electron chi connectivity index (χ0n) is 15.3. The second-order valence-corrected chi connectivity index (χ2v) is 7.62. The van der Waals surface area contributed by atoms with Gasteiger partial charge in [-0.1, -0.05) is 62.5 Å². The minimum Gasteiger partial charge on any atom is -0.473 e. The first-order valence-corrected chi connectivity index (χ1v) is 9.44. The zero-order valence-corrected chi connectivity index (χ0v) is 17.6. The number of aliphatic carboxylic acids is 1. The number of carbonyl (C=O) groups is 3. The quantitative estimate of drug-likeness (QED) is 0.275. The number of benzene rings is 1. The van der Waals surface area contributed by atoms with E-state index in [0.717, 1.165) is 12.5 Å². The topological polar surface area (TPSA) is 89.9 Å². The maximum Gasteiger partial charge on any atom is 0.422 e. The van der Waals surface area contributed by atoms with E-state index in [1.165, 1.54) is 0 Å². The highest BCUT2D eigenvalue weighted by Gasteiger charge is 2.29. The zero-order chi connectivity index (χ0) is 20.9. The summed E-state index contributed by atoms with van der Waals surface area (Å²) in [6.45, 7) is 8.32. The van der Waals surface area contributed by atoms with Crippen LogP contribution in [-0.4, -0.2) is 29.6 Å². The molecule has 2 atom stereocenters. The largest absolute Gasteiger partial charge is 0.473 e. The fourth-order valence-electron chi connectivity index (χ4n) is 2.44. The monoisotopic (exact) mass is 438 g/mol. The van der Waals surface area contributed by atoms with Crippen molar-refractivity contribution in [2.75, 3.05) is 6.61 Å². The molecule has 0 heterocycles. The van der Waals surface area contributed by atoms with Crippen molar-refractivity contribution in [3.63, 3.8) is 0 Å². The minimum atomic E-state index is -1.85. The Balaban J connectivity index is 3.17. The van der Waals surface area contributed by atoms with Gasteiger partial charge in [-0.15, -0.1) is 0 Å². The number of halogens is 3. The Bertz CT molecular complexity index is 732. The lowest BCUT2D eigenvalue weighted by atomic mass is 9.84. The van der Waals surface area contributed by atoms with Gasteiger partial charge in [0.05, 0.1) is 21.7 Å². The van der Waals surface area contributed by atoms with Crippen molar-refractivity contribution >= 4 is 52.7 Å². The van der Waals surface area contributed by atoms with Crippen LogP contribution < -0.4 is 4.74 Å². The molecule has 0 fully saturated rings. The number of carboxylic acids is 1. The van der Waals surface area contributed by atoms with Crippen LogP contribution in [0.25, 0.3) is 0 Å². The van der Waals surface area contributed by atoms with E-state index in [0.29, 0.717) is 11.8 Å². The van der Waals surface area contributed by atoms with Crippen LogP contribution in [0.15, 0.2) is 6.07 Å². The summed E-state index contributed by atoms with van der Waals surface area (Å²) in [5, 5.41) is 8.16. The number of carboxylic acid groups (broad SMARTS) is 1. The normalized spacial score (nSPS) is 13.2. The van der Waals surface area contributed by atoms with Crippen LogP contribution in [-0.2, 0) is 14.3 Å². The lowest BCUT2D eigenvalue weighted by Crippen LogP contribution is -2.24. The fourth-order valence-corrected chi connectivity index (χ4v) is 3.16. The summed E-state index contributed by atoms with van der Waals surface area (Å²) in [6, 6.07) is 1.14. The van der Waals surface area contributed by atoms with E-state index >= 15 is 0 Å².